The Bertz CT molecular complexity index is 203. The van der Waals surface area contributed by atoms with Crippen molar-refractivity contribution in [2.45, 2.75) is 90.2 Å². The van der Waals surface area contributed by atoms with Crippen molar-refractivity contribution in [3.63, 3.8) is 0 Å². The van der Waals surface area contributed by atoms with Gasteiger partial charge in [-0.1, -0.05) is 69.0 Å². The van der Waals surface area contributed by atoms with E-state index < -0.39 is 0 Å². The molecular formula is C16H34ClNO2. The van der Waals surface area contributed by atoms with Gasteiger partial charge in [-0.2, -0.15) is 0 Å². The third-order valence-corrected chi connectivity index (χ3v) is 4.40. The number of nitrogens with zero attached hydrogens (tertiary/aromatic N) is 1. The Morgan fingerprint density at radius 2 is 1.45 bits per heavy atom. The molecule has 2 unspecified atom stereocenters. The summed E-state index contributed by atoms with van der Waals surface area (Å²) in [6.07, 6.45) is 12.9. The smallest absolute Gasteiger partial charge is 0.331 e. The molecule has 0 bridgehead atoms. The van der Waals surface area contributed by atoms with Crippen LogP contribution in [0.25, 0.3) is 0 Å². The molecule has 0 aliphatic carbocycles. The van der Waals surface area contributed by atoms with Crippen LogP contribution in [0.2, 0.25) is 0 Å². The van der Waals surface area contributed by atoms with Crippen LogP contribution in [-0.2, 0) is 4.29 Å². The van der Waals surface area contributed by atoms with Crippen molar-refractivity contribution in [3.8, 4) is 0 Å². The molecule has 0 radical (unpaired) electrons. The molecule has 0 fully saturated rings. The maximum absolute atomic E-state index is 10.5. The molecule has 2 atom stereocenters. The van der Waals surface area contributed by atoms with E-state index in [1.54, 1.807) is 0 Å². The predicted molar refractivity (Wildman–Crippen MR) is 79.9 cm³/mol. The highest BCUT2D eigenvalue weighted by atomic mass is 35.6. The van der Waals surface area contributed by atoms with Gasteiger partial charge in [0.25, 0.3) is 0 Å². The normalized spacial score (nSPS) is 14.7. The molecule has 0 aromatic carbocycles. The third kappa shape index (κ3) is 10.9. The van der Waals surface area contributed by atoms with Crippen LogP contribution < -0.4 is 4.66 Å². The maximum atomic E-state index is 10.5. The van der Waals surface area contributed by atoms with E-state index in [0.717, 1.165) is 12.8 Å². The van der Waals surface area contributed by atoms with E-state index in [2.05, 4.69) is 18.7 Å². The minimum absolute atomic E-state index is 0.0281. The molecule has 3 nitrogen and oxygen atoms in total. The van der Waals surface area contributed by atoms with Gasteiger partial charge in [0.1, 0.15) is 6.10 Å². The highest BCUT2D eigenvalue weighted by Crippen LogP contribution is 2.15. The van der Waals surface area contributed by atoms with Crippen LogP contribution in [-0.4, -0.2) is 31.1 Å². The Morgan fingerprint density at radius 3 is 1.90 bits per heavy atom. The zero-order valence-electron chi connectivity index (χ0n) is 13.9. The van der Waals surface area contributed by atoms with Gasteiger partial charge in [0.15, 0.2) is 0 Å². The average Bonchev–Trinajstić information content (AvgIpc) is 2.43. The van der Waals surface area contributed by atoms with Gasteiger partial charge in [-0.05, 0) is 27.4 Å². The summed E-state index contributed by atoms with van der Waals surface area (Å²) in [4.78, 5) is 2.11. The summed E-state index contributed by atoms with van der Waals surface area (Å²) in [5.74, 6) is 0. The van der Waals surface area contributed by atoms with E-state index in [1.807, 2.05) is 14.1 Å². The Balaban J connectivity index is 3.54. The van der Waals surface area contributed by atoms with Crippen LogP contribution in [0.1, 0.15) is 78.1 Å². The highest BCUT2D eigenvalue weighted by Gasteiger charge is 2.23. The summed E-state index contributed by atoms with van der Waals surface area (Å²) in [5, 5.41) is 0. The topological polar surface area (TPSA) is 35.5 Å². The molecule has 4 heteroatoms. The molecule has 0 rings (SSSR count). The fourth-order valence-corrected chi connectivity index (χ4v) is 2.73. The summed E-state index contributed by atoms with van der Waals surface area (Å²) in [6.45, 7) is 4.37. The summed E-state index contributed by atoms with van der Waals surface area (Å²) < 4.78 is 15.7. The van der Waals surface area contributed by atoms with Gasteiger partial charge in [-0.15, -0.1) is 0 Å². The number of hydrogen-bond donors (Lipinski definition) is 0. The number of hydrogen-bond acceptors (Lipinski definition) is 3. The molecule has 0 saturated heterocycles. The molecule has 122 valence electrons. The lowest BCUT2D eigenvalue weighted by molar-refractivity contribution is -1.27. The van der Waals surface area contributed by atoms with E-state index in [-0.39, 0.29) is 12.1 Å². The van der Waals surface area contributed by atoms with Gasteiger partial charge < -0.3 is 9.56 Å². The van der Waals surface area contributed by atoms with Crippen LogP contribution in [0.15, 0.2) is 0 Å². The lowest BCUT2D eigenvalue weighted by atomic mass is 10.0. The van der Waals surface area contributed by atoms with Gasteiger partial charge in [0, 0.05) is 6.04 Å². The van der Waals surface area contributed by atoms with Gasteiger partial charge in [0.05, 0.1) is 0 Å². The largest absolute Gasteiger partial charge is 0.506 e. The molecule has 0 aliphatic rings. The minimum atomic E-state index is 0.0281. The number of rotatable bonds is 14. The van der Waals surface area contributed by atoms with Crippen molar-refractivity contribution in [2.75, 3.05) is 14.1 Å². The highest BCUT2D eigenvalue weighted by molar-refractivity contribution is 4.71. The Morgan fingerprint density at radius 1 is 0.950 bits per heavy atom. The van der Waals surface area contributed by atoms with Crippen LogP contribution in [0, 0.1) is 11.3 Å². The second kappa shape index (κ2) is 14.1. The van der Waals surface area contributed by atoms with Crippen molar-refractivity contribution in [2.24, 2.45) is 0 Å². The Hall–Kier alpha value is 0.170. The van der Waals surface area contributed by atoms with Crippen molar-refractivity contribution >= 4 is 0 Å². The third-order valence-electron chi connectivity index (χ3n) is 4.10. The van der Waals surface area contributed by atoms with Crippen LogP contribution in [0.4, 0.5) is 0 Å². The van der Waals surface area contributed by atoms with Crippen LogP contribution in [0.5, 0.6) is 0 Å². The fourth-order valence-electron chi connectivity index (χ4n) is 2.40. The summed E-state index contributed by atoms with van der Waals surface area (Å²) in [6, 6.07) is 0.283. The van der Waals surface area contributed by atoms with Gasteiger partial charge in [-0.25, -0.2) is 0 Å². The van der Waals surface area contributed by atoms with E-state index >= 15 is 0 Å². The molecule has 0 aromatic rings. The summed E-state index contributed by atoms with van der Waals surface area (Å²) >= 11 is 0.708. The standard InChI is InChI=1S/C16H34ClNO2/c1-5-6-7-8-9-10-11-12-13-14-16(20-17-19)15(2)18(3)4/h15-16H,5-14H2,1-4H3. The van der Waals surface area contributed by atoms with E-state index in [9.17, 15) is 4.66 Å². The molecule has 0 aromatic heterocycles. The zero-order chi connectivity index (χ0) is 15.2. The zero-order valence-corrected chi connectivity index (χ0v) is 14.6. The SMILES string of the molecule is CCCCCCCCCCCC(O[Cl+][O-])C(C)N(C)C. The summed E-state index contributed by atoms with van der Waals surface area (Å²) in [7, 11) is 4.06. The van der Waals surface area contributed by atoms with E-state index in [0.29, 0.717) is 11.3 Å². The van der Waals surface area contributed by atoms with Crippen molar-refractivity contribution < 1.29 is 20.3 Å². The van der Waals surface area contributed by atoms with Crippen molar-refractivity contribution in [3.05, 3.63) is 0 Å². The van der Waals surface area contributed by atoms with Crippen molar-refractivity contribution in [1.29, 1.82) is 0 Å². The van der Waals surface area contributed by atoms with E-state index in [4.69, 9.17) is 4.29 Å². The second-order valence-corrected chi connectivity index (χ2v) is 6.32. The lowest BCUT2D eigenvalue weighted by Crippen LogP contribution is -2.38. The Kier molecular flexibility index (Phi) is 14.2. The first kappa shape index (κ1) is 20.2. The molecular weight excluding hydrogens is 274 g/mol. The van der Waals surface area contributed by atoms with Crippen molar-refractivity contribution in [1.82, 2.24) is 4.90 Å². The summed E-state index contributed by atoms with van der Waals surface area (Å²) in [5.41, 5.74) is 0. The fraction of sp³-hybridized carbons (Fsp3) is 1.00. The first-order valence-corrected chi connectivity index (χ1v) is 8.84. The molecule has 0 amide bonds. The van der Waals surface area contributed by atoms with Crippen LogP contribution in [0.3, 0.4) is 0 Å². The number of halogens is 1. The number of likely N-dealkylation sites (N-methyl/N-ethyl adjacent to an activating group) is 1. The lowest BCUT2D eigenvalue weighted by Gasteiger charge is -2.24. The first-order chi connectivity index (χ1) is 9.63. The van der Waals surface area contributed by atoms with Gasteiger partial charge in [0.2, 0.25) is 0 Å². The minimum Gasteiger partial charge on any atom is -0.506 e. The van der Waals surface area contributed by atoms with Gasteiger partial charge in [-0.3, -0.25) is 0 Å². The second-order valence-electron chi connectivity index (χ2n) is 6.01. The molecule has 0 aliphatic heterocycles. The van der Waals surface area contributed by atoms with Gasteiger partial charge >= 0.3 is 11.3 Å². The molecule has 0 N–H and O–H groups in total. The predicted octanol–water partition coefficient (Wildman–Crippen LogP) is 3.52. The maximum Gasteiger partial charge on any atom is 0.331 e. The molecule has 20 heavy (non-hydrogen) atoms. The van der Waals surface area contributed by atoms with Crippen LogP contribution >= 0.6 is 0 Å². The molecule has 0 spiro atoms. The quantitative estimate of drug-likeness (QED) is 0.461. The monoisotopic (exact) mass is 307 g/mol. The Labute approximate surface area is 130 Å². The van der Waals surface area contributed by atoms with E-state index in [1.165, 1.54) is 51.4 Å². The molecule has 0 heterocycles. The first-order valence-electron chi connectivity index (χ1n) is 8.22. The average molecular weight is 308 g/mol. The number of unbranched alkanes of at least 4 members (excludes halogenated alkanes) is 8. The molecule has 0 saturated carbocycles.